The molecule has 4 nitrogen and oxygen atoms in total. The fourth-order valence-corrected chi connectivity index (χ4v) is 2.25. The number of rotatable bonds is 6. The molecule has 0 aromatic carbocycles. The summed E-state index contributed by atoms with van der Waals surface area (Å²) in [6.45, 7) is 4.21. The molecule has 0 aromatic heterocycles. The fourth-order valence-electron chi connectivity index (χ4n) is 0.751. The van der Waals surface area contributed by atoms with Gasteiger partial charge >= 0.3 is 7.60 Å². The first kappa shape index (κ1) is 12.8. The molecule has 0 rings (SSSR count). The first-order chi connectivity index (χ1) is 5.98. The monoisotopic (exact) mass is 212 g/mol. The molecule has 0 saturated carbocycles. The van der Waals surface area contributed by atoms with Gasteiger partial charge in [-0.1, -0.05) is 0 Å². The van der Waals surface area contributed by atoms with Gasteiger partial charge < -0.3 is 9.05 Å². The van der Waals surface area contributed by atoms with Gasteiger partial charge in [-0.05, 0) is 20.8 Å². The highest BCUT2D eigenvalue weighted by atomic mass is 31.2. The van der Waals surface area contributed by atoms with Crippen molar-refractivity contribution in [1.82, 2.24) is 0 Å². The van der Waals surface area contributed by atoms with Gasteiger partial charge in [-0.3, -0.25) is 9.36 Å². The summed E-state index contributed by atoms with van der Waals surface area (Å²) in [7, 11) is -3.88. The zero-order valence-electron chi connectivity index (χ0n) is 7.95. The number of ketones is 1. The van der Waals surface area contributed by atoms with E-state index in [1.165, 1.54) is 0 Å². The largest absolute Gasteiger partial charge is 0.372 e. The summed E-state index contributed by atoms with van der Waals surface area (Å²) in [4.78, 5) is 10.6. The highest BCUT2D eigenvalue weighted by molar-refractivity contribution is 7.55. The second kappa shape index (κ2) is 5.47. The molecular formula is C7H14FO4P. The van der Waals surface area contributed by atoms with Crippen LogP contribution in [0, 0.1) is 0 Å². The molecule has 13 heavy (non-hydrogen) atoms. The molecule has 0 spiro atoms. The number of halogens is 1. The van der Waals surface area contributed by atoms with E-state index in [2.05, 4.69) is 9.05 Å². The topological polar surface area (TPSA) is 52.6 Å². The highest BCUT2D eigenvalue weighted by Crippen LogP contribution is 2.53. The van der Waals surface area contributed by atoms with Crippen LogP contribution < -0.4 is 0 Å². The molecule has 0 fully saturated rings. The number of hydrogen-bond donors (Lipinski definition) is 0. The van der Waals surface area contributed by atoms with Crippen molar-refractivity contribution in [3.05, 3.63) is 0 Å². The summed E-state index contributed by atoms with van der Waals surface area (Å²) in [6, 6.07) is 0. The molecule has 1 atom stereocenters. The number of carbonyl (C=O) groups excluding carboxylic acids is 1. The minimum Gasteiger partial charge on any atom is -0.307 e. The van der Waals surface area contributed by atoms with Gasteiger partial charge in [0, 0.05) is 0 Å². The van der Waals surface area contributed by atoms with Crippen molar-refractivity contribution in [2.75, 3.05) is 13.2 Å². The fraction of sp³-hybridized carbons (Fsp3) is 0.857. The molecule has 0 saturated heterocycles. The first-order valence-corrected chi connectivity index (χ1v) is 5.62. The van der Waals surface area contributed by atoms with Crippen LogP contribution >= 0.6 is 7.60 Å². The van der Waals surface area contributed by atoms with Crippen LogP contribution in [0.2, 0.25) is 0 Å². The van der Waals surface area contributed by atoms with E-state index in [4.69, 9.17) is 0 Å². The maximum Gasteiger partial charge on any atom is 0.372 e. The van der Waals surface area contributed by atoms with E-state index < -0.39 is 19.3 Å². The Balaban J connectivity index is 4.57. The van der Waals surface area contributed by atoms with Crippen molar-refractivity contribution in [3.63, 3.8) is 0 Å². The van der Waals surface area contributed by atoms with E-state index in [-0.39, 0.29) is 13.2 Å². The third kappa shape index (κ3) is 3.55. The van der Waals surface area contributed by atoms with Crippen LogP contribution in [0.3, 0.4) is 0 Å². The summed E-state index contributed by atoms with van der Waals surface area (Å²) >= 11 is 0. The summed E-state index contributed by atoms with van der Waals surface area (Å²) in [5, 5.41) is 0. The molecule has 0 amide bonds. The Morgan fingerprint density at radius 1 is 1.38 bits per heavy atom. The van der Waals surface area contributed by atoms with E-state index >= 15 is 0 Å². The Labute approximate surface area is 76.9 Å². The maximum atomic E-state index is 13.1. The van der Waals surface area contributed by atoms with Crippen LogP contribution in [0.5, 0.6) is 0 Å². The number of Topliss-reactive ketones (excluding diaryl/α,β-unsaturated/α-hetero) is 1. The van der Waals surface area contributed by atoms with Crippen LogP contribution in [0.25, 0.3) is 0 Å². The molecule has 0 aliphatic heterocycles. The smallest absolute Gasteiger partial charge is 0.307 e. The van der Waals surface area contributed by atoms with E-state index in [0.717, 1.165) is 6.92 Å². The molecule has 0 bridgehead atoms. The van der Waals surface area contributed by atoms with Crippen molar-refractivity contribution in [2.45, 2.75) is 26.7 Å². The van der Waals surface area contributed by atoms with Crippen LogP contribution in [0.1, 0.15) is 20.8 Å². The van der Waals surface area contributed by atoms with Gasteiger partial charge in [-0.25, -0.2) is 4.39 Å². The van der Waals surface area contributed by atoms with Gasteiger partial charge in [-0.2, -0.15) is 0 Å². The predicted octanol–water partition coefficient (Wildman–Crippen LogP) is 2.14. The summed E-state index contributed by atoms with van der Waals surface area (Å²) in [6.07, 6.45) is 0. The van der Waals surface area contributed by atoms with Crippen molar-refractivity contribution in [2.24, 2.45) is 0 Å². The van der Waals surface area contributed by atoms with Crippen LogP contribution in [-0.2, 0) is 18.4 Å². The number of alkyl halides is 1. The minimum atomic E-state index is -3.88. The van der Waals surface area contributed by atoms with Gasteiger partial charge in [0.15, 0.2) is 5.78 Å². The first-order valence-electron chi connectivity index (χ1n) is 4.01. The van der Waals surface area contributed by atoms with Crippen molar-refractivity contribution in [1.29, 1.82) is 0 Å². The lowest BCUT2D eigenvalue weighted by Crippen LogP contribution is -2.16. The second-order valence-corrected chi connectivity index (χ2v) is 4.37. The van der Waals surface area contributed by atoms with Crippen molar-refractivity contribution >= 4 is 13.4 Å². The van der Waals surface area contributed by atoms with Crippen LogP contribution in [0.4, 0.5) is 4.39 Å². The van der Waals surface area contributed by atoms with Gasteiger partial charge in [0.05, 0.1) is 13.2 Å². The van der Waals surface area contributed by atoms with Gasteiger partial charge in [0.2, 0.25) is 0 Å². The molecule has 1 unspecified atom stereocenters. The second-order valence-electron chi connectivity index (χ2n) is 2.32. The molecule has 0 aliphatic rings. The Morgan fingerprint density at radius 3 is 2.00 bits per heavy atom. The summed E-state index contributed by atoms with van der Waals surface area (Å²) < 4.78 is 33.9. The molecule has 0 aliphatic carbocycles. The average molecular weight is 212 g/mol. The van der Waals surface area contributed by atoms with Crippen molar-refractivity contribution < 1.29 is 22.8 Å². The van der Waals surface area contributed by atoms with E-state index in [1.54, 1.807) is 13.8 Å². The Kier molecular flexibility index (Phi) is 5.37. The average Bonchev–Trinajstić information content (AvgIpc) is 2.03. The van der Waals surface area contributed by atoms with Crippen LogP contribution in [-0.4, -0.2) is 24.9 Å². The van der Waals surface area contributed by atoms with Gasteiger partial charge in [0.1, 0.15) is 0 Å². The van der Waals surface area contributed by atoms with Crippen molar-refractivity contribution in [3.8, 4) is 0 Å². The standard InChI is InChI=1S/C7H14FO4P/c1-4-11-13(10,12-5-2)7(8)6(3)9/h7H,4-5H2,1-3H3. The van der Waals surface area contributed by atoms with Gasteiger partial charge in [0.25, 0.3) is 5.91 Å². The molecule has 0 heterocycles. The number of carbonyl (C=O) groups is 1. The zero-order valence-corrected chi connectivity index (χ0v) is 8.84. The Hall–Kier alpha value is -0.250. The summed E-state index contributed by atoms with van der Waals surface area (Å²) in [5.41, 5.74) is 0. The number of hydrogen-bond acceptors (Lipinski definition) is 4. The molecular weight excluding hydrogens is 198 g/mol. The molecule has 0 radical (unpaired) electrons. The minimum absolute atomic E-state index is 0.0466. The summed E-state index contributed by atoms with van der Waals surface area (Å²) in [5.74, 6) is -3.02. The molecule has 0 N–H and O–H groups in total. The SMILES string of the molecule is CCOP(=O)(OCC)C(F)C(C)=O. The van der Waals surface area contributed by atoms with E-state index in [0.29, 0.717) is 0 Å². The lowest BCUT2D eigenvalue weighted by Gasteiger charge is -2.18. The van der Waals surface area contributed by atoms with E-state index in [9.17, 15) is 13.8 Å². The van der Waals surface area contributed by atoms with Gasteiger partial charge in [-0.15, -0.1) is 0 Å². The third-order valence-corrected chi connectivity index (χ3v) is 3.39. The normalized spacial score (nSPS) is 14.2. The third-order valence-electron chi connectivity index (χ3n) is 1.23. The maximum absolute atomic E-state index is 13.1. The lowest BCUT2D eigenvalue weighted by atomic mass is 10.5. The molecule has 0 aromatic rings. The van der Waals surface area contributed by atoms with Crippen LogP contribution in [0.15, 0.2) is 0 Å². The quantitative estimate of drug-likeness (QED) is 0.633. The Bertz CT molecular complexity index is 209. The lowest BCUT2D eigenvalue weighted by molar-refractivity contribution is -0.119. The van der Waals surface area contributed by atoms with E-state index in [1.807, 2.05) is 0 Å². The molecule has 6 heteroatoms. The predicted molar refractivity (Wildman–Crippen MR) is 46.4 cm³/mol. The Morgan fingerprint density at radius 2 is 1.77 bits per heavy atom. The zero-order chi connectivity index (χ0) is 10.5. The highest BCUT2D eigenvalue weighted by Gasteiger charge is 2.39. The molecule has 78 valence electrons.